The van der Waals surface area contributed by atoms with Gasteiger partial charge in [0.1, 0.15) is 5.82 Å². The van der Waals surface area contributed by atoms with Crippen LogP contribution in [0.2, 0.25) is 0 Å². The second kappa shape index (κ2) is 9.03. The molecule has 1 aliphatic heterocycles. The Morgan fingerprint density at radius 2 is 1.70 bits per heavy atom. The highest BCUT2D eigenvalue weighted by molar-refractivity contribution is 7.92. The van der Waals surface area contributed by atoms with E-state index in [1.54, 1.807) is 35.2 Å². The van der Waals surface area contributed by atoms with Gasteiger partial charge in [-0.15, -0.1) is 0 Å². The number of hydrogen-bond donors (Lipinski definition) is 2. The third kappa shape index (κ3) is 5.04. The summed E-state index contributed by atoms with van der Waals surface area (Å²) in [6, 6.07) is 16.4. The van der Waals surface area contributed by atoms with Gasteiger partial charge in [-0.2, -0.15) is 0 Å². The molecular weight excluding hydrogens is 445 g/mol. The van der Waals surface area contributed by atoms with Crippen molar-refractivity contribution in [1.29, 1.82) is 0 Å². The van der Waals surface area contributed by atoms with Crippen molar-refractivity contribution in [3.05, 3.63) is 83.7 Å². The Morgan fingerprint density at radius 3 is 2.42 bits per heavy atom. The zero-order chi connectivity index (χ0) is 23.6. The van der Waals surface area contributed by atoms with E-state index in [0.717, 1.165) is 5.56 Å². The summed E-state index contributed by atoms with van der Waals surface area (Å²) in [6.45, 7) is 1.86. The number of rotatable bonds is 5. The maximum absolute atomic E-state index is 13.2. The molecule has 2 N–H and O–H groups in total. The molecule has 170 valence electrons. The largest absolute Gasteiger partial charge is 0.326 e. The molecule has 9 heteroatoms. The highest BCUT2D eigenvalue weighted by Gasteiger charge is 2.26. The first kappa shape index (κ1) is 22.5. The fourth-order valence-electron chi connectivity index (χ4n) is 3.78. The average molecular weight is 468 g/mol. The molecule has 3 aromatic carbocycles. The first-order valence-corrected chi connectivity index (χ1v) is 11.8. The van der Waals surface area contributed by atoms with E-state index in [1.165, 1.54) is 43.3 Å². The minimum absolute atomic E-state index is 0.0715. The summed E-state index contributed by atoms with van der Waals surface area (Å²) < 4.78 is 41.7. The van der Waals surface area contributed by atoms with Gasteiger partial charge in [-0.3, -0.25) is 14.3 Å². The van der Waals surface area contributed by atoms with Crippen molar-refractivity contribution in [3.8, 4) is 0 Å². The van der Waals surface area contributed by atoms with Crippen molar-refractivity contribution in [3.63, 3.8) is 0 Å². The van der Waals surface area contributed by atoms with E-state index in [4.69, 9.17) is 0 Å². The van der Waals surface area contributed by atoms with Gasteiger partial charge in [-0.25, -0.2) is 12.8 Å². The average Bonchev–Trinajstić information content (AvgIpc) is 2.78. The van der Waals surface area contributed by atoms with Crippen LogP contribution >= 0.6 is 0 Å². The number of hydrogen-bond acceptors (Lipinski definition) is 4. The number of fused-ring (bicyclic) bond motifs is 1. The molecule has 0 atom stereocenters. The van der Waals surface area contributed by atoms with Crippen molar-refractivity contribution in [2.75, 3.05) is 21.5 Å². The molecule has 0 fully saturated rings. The molecule has 2 amide bonds. The predicted molar refractivity (Wildman–Crippen MR) is 124 cm³/mol. The molecule has 7 nitrogen and oxygen atoms in total. The standard InChI is InChI=1S/C24H22FN3O4S/c1-16(29)26-20-5-2-6-21(15-20)27-33(31,32)22-11-12-23-18(14-22)4-3-13-28(23)24(30)17-7-9-19(25)10-8-17/h2,5-12,14-15,27H,3-4,13H2,1H3,(H,26,29). The number of carbonyl (C=O) groups excluding carboxylic acids is 2. The monoisotopic (exact) mass is 467 g/mol. The summed E-state index contributed by atoms with van der Waals surface area (Å²) in [6.07, 6.45) is 1.31. The number of aryl methyl sites for hydroxylation is 1. The summed E-state index contributed by atoms with van der Waals surface area (Å²) >= 11 is 0. The van der Waals surface area contributed by atoms with E-state index in [0.29, 0.717) is 42.0 Å². The number of carbonyl (C=O) groups is 2. The van der Waals surface area contributed by atoms with E-state index in [1.807, 2.05) is 0 Å². The third-order valence-electron chi connectivity index (χ3n) is 5.25. The van der Waals surface area contributed by atoms with Crippen LogP contribution in [0.5, 0.6) is 0 Å². The Labute approximate surface area is 191 Å². The lowest BCUT2D eigenvalue weighted by molar-refractivity contribution is -0.114. The van der Waals surface area contributed by atoms with Gasteiger partial charge in [0.25, 0.3) is 15.9 Å². The van der Waals surface area contributed by atoms with Gasteiger partial charge in [0.05, 0.1) is 10.6 Å². The third-order valence-corrected chi connectivity index (χ3v) is 6.63. The molecular formula is C24H22FN3O4S. The molecule has 33 heavy (non-hydrogen) atoms. The molecule has 3 aromatic rings. The van der Waals surface area contributed by atoms with Crippen LogP contribution in [0.4, 0.5) is 21.5 Å². The molecule has 1 aliphatic rings. The van der Waals surface area contributed by atoms with Gasteiger partial charge < -0.3 is 10.2 Å². The Hall–Kier alpha value is -3.72. The molecule has 0 saturated carbocycles. The van der Waals surface area contributed by atoms with Crippen LogP contribution in [0, 0.1) is 5.82 Å². The first-order chi connectivity index (χ1) is 15.7. The number of anilines is 3. The number of nitrogens with one attached hydrogen (secondary N) is 2. The lowest BCUT2D eigenvalue weighted by Crippen LogP contribution is -2.35. The van der Waals surface area contributed by atoms with Crippen LogP contribution in [0.1, 0.15) is 29.3 Å². The van der Waals surface area contributed by atoms with E-state index < -0.39 is 15.8 Å². The van der Waals surface area contributed by atoms with E-state index in [2.05, 4.69) is 10.0 Å². The maximum atomic E-state index is 13.2. The van der Waals surface area contributed by atoms with Gasteiger partial charge in [0, 0.05) is 30.4 Å². The van der Waals surface area contributed by atoms with Crippen molar-refractivity contribution in [2.45, 2.75) is 24.7 Å². The van der Waals surface area contributed by atoms with Gasteiger partial charge in [0.2, 0.25) is 5.91 Å². The quantitative estimate of drug-likeness (QED) is 0.589. The number of halogens is 1. The van der Waals surface area contributed by atoms with Crippen molar-refractivity contribution in [1.82, 2.24) is 0 Å². The molecule has 0 unspecified atom stereocenters. The zero-order valence-electron chi connectivity index (χ0n) is 17.8. The number of amides is 2. The van der Waals surface area contributed by atoms with Gasteiger partial charge in [-0.05, 0) is 79.1 Å². The van der Waals surface area contributed by atoms with Crippen LogP contribution in [0.15, 0.2) is 71.6 Å². The van der Waals surface area contributed by atoms with Crippen LogP contribution < -0.4 is 14.9 Å². The smallest absolute Gasteiger partial charge is 0.261 e. The molecule has 0 aromatic heterocycles. The SMILES string of the molecule is CC(=O)Nc1cccc(NS(=O)(=O)c2ccc3c(c2)CCCN3C(=O)c2ccc(F)cc2)c1. The molecule has 1 heterocycles. The Bertz CT molecular complexity index is 1320. The predicted octanol–water partition coefficient (Wildman–Crippen LogP) is 4.18. The molecule has 0 aliphatic carbocycles. The van der Waals surface area contributed by atoms with E-state index in [-0.39, 0.29) is 16.7 Å². The summed E-state index contributed by atoms with van der Waals surface area (Å²) in [4.78, 5) is 25.9. The Kier molecular flexibility index (Phi) is 6.15. The van der Waals surface area contributed by atoms with Crippen molar-refractivity contribution >= 4 is 38.9 Å². The Morgan fingerprint density at radius 1 is 0.970 bits per heavy atom. The van der Waals surface area contributed by atoms with E-state index in [9.17, 15) is 22.4 Å². The van der Waals surface area contributed by atoms with Crippen LogP contribution in [0.3, 0.4) is 0 Å². The molecule has 0 radical (unpaired) electrons. The lowest BCUT2D eigenvalue weighted by atomic mass is 10.0. The summed E-state index contributed by atoms with van der Waals surface area (Å²) in [7, 11) is -3.89. The first-order valence-electron chi connectivity index (χ1n) is 10.3. The van der Waals surface area contributed by atoms with Crippen LogP contribution in [-0.4, -0.2) is 26.8 Å². The molecule has 4 rings (SSSR count). The summed E-state index contributed by atoms with van der Waals surface area (Å²) in [5.74, 6) is -0.945. The van der Waals surface area contributed by atoms with Crippen molar-refractivity contribution < 1.29 is 22.4 Å². The normalized spacial score (nSPS) is 13.2. The second-order valence-corrected chi connectivity index (χ2v) is 9.41. The fourth-order valence-corrected chi connectivity index (χ4v) is 4.88. The van der Waals surface area contributed by atoms with Crippen LogP contribution in [-0.2, 0) is 21.2 Å². The highest BCUT2D eigenvalue weighted by atomic mass is 32.2. The minimum atomic E-state index is -3.89. The topological polar surface area (TPSA) is 95.6 Å². The number of sulfonamides is 1. The summed E-state index contributed by atoms with van der Waals surface area (Å²) in [5, 5.41) is 2.61. The van der Waals surface area contributed by atoms with E-state index >= 15 is 0 Å². The summed E-state index contributed by atoms with van der Waals surface area (Å²) in [5.41, 5.74) is 2.53. The lowest BCUT2D eigenvalue weighted by Gasteiger charge is -2.30. The zero-order valence-corrected chi connectivity index (χ0v) is 18.7. The van der Waals surface area contributed by atoms with Gasteiger partial charge in [-0.1, -0.05) is 6.07 Å². The van der Waals surface area contributed by atoms with Crippen LogP contribution in [0.25, 0.3) is 0 Å². The van der Waals surface area contributed by atoms with Gasteiger partial charge >= 0.3 is 0 Å². The van der Waals surface area contributed by atoms with Gasteiger partial charge in [0.15, 0.2) is 0 Å². The Balaban J connectivity index is 1.59. The molecule has 0 bridgehead atoms. The molecule has 0 spiro atoms. The number of nitrogens with zero attached hydrogens (tertiary/aromatic N) is 1. The van der Waals surface area contributed by atoms with Crippen molar-refractivity contribution in [2.24, 2.45) is 0 Å². The highest BCUT2D eigenvalue weighted by Crippen LogP contribution is 2.31. The second-order valence-electron chi connectivity index (χ2n) is 7.73. The minimum Gasteiger partial charge on any atom is -0.326 e. The maximum Gasteiger partial charge on any atom is 0.261 e. The number of benzene rings is 3. The fraction of sp³-hybridized carbons (Fsp3) is 0.167. The molecule has 0 saturated heterocycles.